The van der Waals surface area contributed by atoms with E-state index in [4.69, 9.17) is 4.74 Å². The van der Waals surface area contributed by atoms with Crippen molar-refractivity contribution in [3.63, 3.8) is 0 Å². The Labute approximate surface area is 209 Å². The Kier molecular flexibility index (Phi) is 9.57. The molecule has 1 fully saturated rings. The average molecular weight is 481 g/mol. The largest absolute Gasteiger partial charge is 0.496 e. The average Bonchev–Trinajstić information content (AvgIpc) is 2.84. The third-order valence-corrected chi connectivity index (χ3v) is 6.86. The molecule has 35 heavy (non-hydrogen) atoms. The van der Waals surface area contributed by atoms with Crippen LogP contribution in [0, 0.1) is 13.8 Å². The summed E-state index contributed by atoms with van der Waals surface area (Å²) >= 11 is 0. The van der Waals surface area contributed by atoms with Crippen molar-refractivity contribution < 1.29 is 14.6 Å². The van der Waals surface area contributed by atoms with Gasteiger partial charge in [-0.1, -0.05) is 43.2 Å². The fourth-order valence-electron chi connectivity index (χ4n) is 4.84. The first-order valence-electron chi connectivity index (χ1n) is 12.4. The van der Waals surface area contributed by atoms with Crippen molar-refractivity contribution in [3.05, 3.63) is 69.9 Å². The Morgan fingerprint density at radius 3 is 2.43 bits per heavy atom. The summed E-state index contributed by atoms with van der Waals surface area (Å²) in [6.45, 7) is 4.15. The fourth-order valence-corrected chi connectivity index (χ4v) is 4.84. The van der Waals surface area contributed by atoms with E-state index >= 15 is 0 Å². The van der Waals surface area contributed by atoms with Crippen LogP contribution in [-0.4, -0.2) is 44.4 Å². The monoisotopic (exact) mass is 480 g/mol. The van der Waals surface area contributed by atoms with Crippen LogP contribution in [0.15, 0.2) is 36.5 Å². The molecule has 0 bridgehead atoms. The molecule has 0 spiro atoms. The molecule has 7 nitrogen and oxygen atoms in total. The summed E-state index contributed by atoms with van der Waals surface area (Å²) in [5, 5.41) is 16.3. The first-order chi connectivity index (χ1) is 16.9. The standard InChI is InChI=1S/C28H40N4O3/c1-18-19(2)28(35-5)23(16-27(34)31-24-8-6-7-9-26(24)33)15-22(18)14-20-10-12-21(13-11-20)25(17-29-3)32-30-4/h10-13,15,17,24,26,29-30,32-33H,6-9,14,16H2,1-5H3,(H,31,34)/b25-17-/t24-,26-/m1/s1. The highest BCUT2D eigenvalue weighted by atomic mass is 16.5. The van der Waals surface area contributed by atoms with Gasteiger partial charge in [0.25, 0.3) is 0 Å². The van der Waals surface area contributed by atoms with Crippen molar-refractivity contribution in [3.8, 4) is 5.75 Å². The van der Waals surface area contributed by atoms with Gasteiger partial charge in [-0.2, -0.15) is 0 Å². The summed E-state index contributed by atoms with van der Waals surface area (Å²) in [6.07, 6.45) is 6.07. The Balaban J connectivity index is 1.80. The maximum atomic E-state index is 12.9. The van der Waals surface area contributed by atoms with Crippen molar-refractivity contribution in [1.29, 1.82) is 0 Å². The van der Waals surface area contributed by atoms with Gasteiger partial charge in [0.1, 0.15) is 5.75 Å². The lowest BCUT2D eigenvalue weighted by Gasteiger charge is -2.28. The third-order valence-electron chi connectivity index (χ3n) is 6.86. The molecule has 2 atom stereocenters. The van der Waals surface area contributed by atoms with E-state index in [9.17, 15) is 9.90 Å². The van der Waals surface area contributed by atoms with Crippen LogP contribution in [0.25, 0.3) is 5.70 Å². The van der Waals surface area contributed by atoms with Crippen LogP contribution in [-0.2, 0) is 17.6 Å². The lowest BCUT2D eigenvalue weighted by Crippen LogP contribution is -2.45. The van der Waals surface area contributed by atoms with Gasteiger partial charge in [0.15, 0.2) is 0 Å². The lowest BCUT2D eigenvalue weighted by molar-refractivity contribution is -0.122. The normalized spacial score (nSPS) is 18.2. The van der Waals surface area contributed by atoms with E-state index in [2.05, 4.69) is 58.7 Å². The summed E-state index contributed by atoms with van der Waals surface area (Å²) in [4.78, 5) is 12.9. The molecule has 3 rings (SSSR count). The van der Waals surface area contributed by atoms with Crippen LogP contribution in [0.2, 0.25) is 0 Å². The Hall–Kier alpha value is -3.03. The van der Waals surface area contributed by atoms with Gasteiger partial charge in [-0.15, -0.1) is 0 Å². The number of rotatable bonds is 10. The van der Waals surface area contributed by atoms with Gasteiger partial charge in [-0.3, -0.25) is 4.79 Å². The molecule has 0 heterocycles. The summed E-state index contributed by atoms with van der Waals surface area (Å²) in [7, 11) is 5.36. The number of hydrogen-bond donors (Lipinski definition) is 5. The second kappa shape index (κ2) is 12.6. The molecule has 0 aromatic heterocycles. The number of hydrogen-bond acceptors (Lipinski definition) is 6. The van der Waals surface area contributed by atoms with E-state index in [1.54, 1.807) is 7.11 Å². The van der Waals surface area contributed by atoms with E-state index in [-0.39, 0.29) is 18.4 Å². The molecule has 2 aromatic carbocycles. The number of amides is 1. The number of methoxy groups -OCH3 is 1. The number of ether oxygens (including phenoxy) is 1. The number of aliphatic hydroxyl groups excluding tert-OH is 1. The number of carbonyl (C=O) groups is 1. The molecule has 5 N–H and O–H groups in total. The number of aliphatic hydroxyl groups is 1. The topological polar surface area (TPSA) is 94.7 Å². The van der Waals surface area contributed by atoms with Crippen LogP contribution < -0.4 is 26.2 Å². The molecule has 190 valence electrons. The molecule has 1 aliphatic rings. The number of benzene rings is 2. The number of hydrazine groups is 1. The Bertz CT molecular complexity index is 1030. The van der Waals surface area contributed by atoms with Gasteiger partial charge in [-0.25, -0.2) is 5.43 Å². The van der Waals surface area contributed by atoms with Crippen LogP contribution in [0.3, 0.4) is 0 Å². The molecular weight excluding hydrogens is 440 g/mol. The summed E-state index contributed by atoms with van der Waals surface area (Å²) in [5.74, 6) is 0.689. The second-order valence-corrected chi connectivity index (χ2v) is 9.28. The van der Waals surface area contributed by atoms with Crippen LogP contribution in [0.5, 0.6) is 5.75 Å². The summed E-state index contributed by atoms with van der Waals surface area (Å²) < 4.78 is 5.71. The van der Waals surface area contributed by atoms with E-state index < -0.39 is 6.10 Å². The van der Waals surface area contributed by atoms with E-state index in [0.29, 0.717) is 0 Å². The minimum Gasteiger partial charge on any atom is -0.496 e. The molecular formula is C28H40N4O3. The van der Waals surface area contributed by atoms with Gasteiger partial charge in [0.05, 0.1) is 31.4 Å². The molecule has 1 aliphatic carbocycles. The Morgan fingerprint density at radius 1 is 1.09 bits per heavy atom. The lowest BCUT2D eigenvalue weighted by atomic mass is 9.91. The first kappa shape index (κ1) is 26.6. The highest BCUT2D eigenvalue weighted by molar-refractivity contribution is 5.80. The van der Waals surface area contributed by atoms with E-state index in [0.717, 1.165) is 60.2 Å². The first-order valence-corrected chi connectivity index (χ1v) is 12.4. The van der Waals surface area contributed by atoms with Gasteiger partial charge >= 0.3 is 0 Å². The van der Waals surface area contributed by atoms with Gasteiger partial charge in [0, 0.05) is 31.4 Å². The SMILES string of the molecule is CN/C=C(\NNC)c1ccc(Cc2cc(CC(=O)N[C@@H]3CCCC[C@H]3O)c(OC)c(C)c2C)cc1. The molecule has 1 amide bonds. The quantitative estimate of drug-likeness (QED) is 0.336. The predicted molar refractivity (Wildman–Crippen MR) is 141 cm³/mol. The van der Waals surface area contributed by atoms with Gasteiger partial charge in [0.2, 0.25) is 5.91 Å². The van der Waals surface area contributed by atoms with Crippen LogP contribution >= 0.6 is 0 Å². The Morgan fingerprint density at radius 2 is 1.80 bits per heavy atom. The van der Waals surface area contributed by atoms with Gasteiger partial charge in [-0.05, 0) is 55.4 Å². The highest BCUT2D eigenvalue weighted by Gasteiger charge is 2.25. The second-order valence-electron chi connectivity index (χ2n) is 9.28. The maximum absolute atomic E-state index is 12.9. The number of nitrogens with one attached hydrogen (secondary N) is 4. The number of carbonyl (C=O) groups excluding carboxylic acids is 1. The van der Waals surface area contributed by atoms with Crippen molar-refractivity contribution >= 4 is 11.6 Å². The minimum atomic E-state index is -0.459. The molecule has 0 unspecified atom stereocenters. The van der Waals surface area contributed by atoms with Gasteiger partial charge < -0.3 is 25.9 Å². The minimum absolute atomic E-state index is 0.0753. The zero-order valence-electron chi connectivity index (χ0n) is 21.6. The summed E-state index contributed by atoms with van der Waals surface area (Å²) in [5.41, 5.74) is 13.6. The zero-order valence-corrected chi connectivity index (χ0v) is 21.6. The van der Waals surface area contributed by atoms with Crippen molar-refractivity contribution in [2.75, 3.05) is 21.2 Å². The third kappa shape index (κ3) is 6.77. The molecule has 7 heteroatoms. The van der Waals surface area contributed by atoms with Crippen molar-refractivity contribution in [2.24, 2.45) is 0 Å². The molecule has 1 saturated carbocycles. The maximum Gasteiger partial charge on any atom is 0.224 e. The molecule has 2 aromatic rings. The van der Waals surface area contributed by atoms with Crippen LogP contribution in [0.1, 0.15) is 59.1 Å². The molecule has 0 saturated heterocycles. The van der Waals surface area contributed by atoms with Crippen molar-refractivity contribution in [2.45, 2.75) is 64.5 Å². The highest BCUT2D eigenvalue weighted by Crippen LogP contribution is 2.31. The van der Waals surface area contributed by atoms with Crippen molar-refractivity contribution in [1.82, 2.24) is 21.5 Å². The van der Waals surface area contributed by atoms with Crippen LogP contribution in [0.4, 0.5) is 0 Å². The smallest absolute Gasteiger partial charge is 0.224 e. The predicted octanol–water partition coefficient (Wildman–Crippen LogP) is 3.11. The summed E-state index contributed by atoms with van der Waals surface area (Å²) in [6, 6.07) is 10.4. The fraction of sp³-hybridized carbons (Fsp3) is 0.464. The molecule has 0 radical (unpaired) electrons. The zero-order chi connectivity index (χ0) is 25.4. The molecule has 0 aliphatic heterocycles. The van der Waals surface area contributed by atoms with E-state index in [1.165, 1.54) is 16.7 Å². The van der Waals surface area contributed by atoms with E-state index in [1.807, 2.05) is 27.2 Å².